The van der Waals surface area contributed by atoms with Crippen LogP contribution < -0.4 is 5.32 Å². The van der Waals surface area contributed by atoms with Gasteiger partial charge in [0.1, 0.15) is 5.69 Å². The Bertz CT molecular complexity index is 724. The molecule has 3 aromatic rings. The van der Waals surface area contributed by atoms with Crippen LogP contribution >= 0.6 is 0 Å². The maximum atomic E-state index is 13.6. The number of para-hydroxylation sites is 1. The second kappa shape index (κ2) is 4.68. The van der Waals surface area contributed by atoms with Crippen LogP contribution in [0.1, 0.15) is 6.92 Å². The molecule has 5 heteroatoms. The van der Waals surface area contributed by atoms with Gasteiger partial charge in [0.05, 0.1) is 0 Å². The van der Waals surface area contributed by atoms with Crippen LogP contribution in [0.4, 0.5) is 10.3 Å². The monoisotopic (exact) mass is 257 g/mol. The van der Waals surface area contributed by atoms with E-state index in [0.29, 0.717) is 17.4 Å². The summed E-state index contributed by atoms with van der Waals surface area (Å²) in [7, 11) is 0. The minimum atomic E-state index is -0.371. The van der Waals surface area contributed by atoms with Gasteiger partial charge in [-0.2, -0.15) is 0 Å². The number of nitrogens with one attached hydrogen (secondary N) is 1. The Morgan fingerprint density at radius 1 is 1.32 bits per heavy atom. The molecule has 3 rings (SSSR count). The third-order valence-corrected chi connectivity index (χ3v) is 2.74. The van der Waals surface area contributed by atoms with E-state index in [4.69, 9.17) is 4.42 Å². The van der Waals surface area contributed by atoms with Crippen molar-refractivity contribution in [3.05, 3.63) is 42.3 Å². The van der Waals surface area contributed by atoms with Gasteiger partial charge in [0.15, 0.2) is 17.2 Å². The van der Waals surface area contributed by atoms with Gasteiger partial charge in [-0.15, -0.1) is 0 Å². The van der Waals surface area contributed by atoms with Crippen molar-refractivity contribution in [3.8, 4) is 11.5 Å². The summed E-state index contributed by atoms with van der Waals surface area (Å²) in [6.07, 6.45) is 1.64. The summed E-state index contributed by atoms with van der Waals surface area (Å²) >= 11 is 0. The number of nitrogens with zero attached hydrogens (tertiary/aromatic N) is 2. The van der Waals surface area contributed by atoms with Crippen molar-refractivity contribution in [1.82, 2.24) is 9.97 Å². The summed E-state index contributed by atoms with van der Waals surface area (Å²) < 4.78 is 19.1. The third kappa shape index (κ3) is 2.14. The number of benzene rings is 1. The van der Waals surface area contributed by atoms with Crippen molar-refractivity contribution in [2.45, 2.75) is 6.92 Å². The van der Waals surface area contributed by atoms with Crippen LogP contribution in [-0.4, -0.2) is 16.5 Å². The van der Waals surface area contributed by atoms with Crippen LogP contribution in [0.3, 0.4) is 0 Å². The number of hydrogen-bond acceptors (Lipinski definition) is 4. The fourth-order valence-corrected chi connectivity index (χ4v) is 1.89. The van der Waals surface area contributed by atoms with Crippen LogP contribution in [-0.2, 0) is 0 Å². The molecule has 1 N–H and O–H groups in total. The maximum Gasteiger partial charge on any atom is 0.223 e. The number of anilines is 1. The van der Waals surface area contributed by atoms with Crippen molar-refractivity contribution >= 4 is 16.9 Å². The van der Waals surface area contributed by atoms with Crippen LogP contribution in [0, 0.1) is 5.82 Å². The molecule has 2 heterocycles. The fourth-order valence-electron chi connectivity index (χ4n) is 1.89. The largest absolute Gasteiger partial charge is 0.451 e. The van der Waals surface area contributed by atoms with Crippen LogP contribution in [0.15, 0.2) is 40.9 Å². The zero-order chi connectivity index (χ0) is 13.2. The number of fused-ring (bicyclic) bond motifs is 1. The highest BCUT2D eigenvalue weighted by molar-refractivity contribution is 5.82. The molecule has 2 aromatic heterocycles. The quantitative estimate of drug-likeness (QED) is 0.780. The van der Waals surface area contributed by atoms with Crippen molar-refractivity contribution < 1.29 is 8.81 Å². The lowest BCUT2D eigenvalue weighted by atomic mass is 10.2. The van der Waals surface area contributed by atoms with Crippen LogP contribution in [0.2, 0.25) is 0 Å². The molecule has 0 amide bonds. The first kappa shape index (κ1) is 11.6. The highest BCUT2D eigenvalue weighted by atomic mass is 19.1. The highest BCUT2D eigenvalue weighted by Gasteiger charge is 2.11. The van der Waals surface area contributed by atoms with Crippen molar-refractivity contribution in [2.24, 2.45) is 0 Å². The lowest BCUT2D eigenvalue weighted by molar-refractivity contribution is 0.567. The Morgan fingerprint density at radius 2 is 2.21 bits per heavy atom. The molecule has 0 unspecified atom stereocenters. The van der Waals surface area contributed by atoms with E-state index in [9.17, 15) is 4.39 Å². The molecule has 19 heavy (non-hydrogen) atoms. The second-order valence-corrected chi connectivity index (χ2v) is 4.06. The predicted octanol–water partition coefficient (Wildman–Crippen LogP) is 3.46. The van der Waals surface area contributed by atoms with Gasteiger partial charge in [-0.1, -0.05) is 12.1 Å². The van der Waals surface area contributed by atoms with E-state index in [1.807, 2.05) is 6.92 Å². The third-order valence-electron chi connectivity index (χ3n) is 2.74. The van der Waals surface area contributed by atoms with Crippen molar-refractivity contribution in [1.29, 1.82) is 0 Å². The van der Waals surface area contributed by atoms with Crippen LogP contribution in [0.25, 0.3) is 22.4 Å². The van der Waals surface area contributed by atoms with Gasteiger partial charge < -0.3 is 9.73 Å². The molecule has 0 saturated carbocycles. The Morgan fingerprint density at radius 3 is 3.00 bits per heavy atom. The van der Waals surface area contributed by atoms with Gasteiger partial charge in [-0.3, -0.25) is 0 Å². The summed E-state index contributed by atoms with van der Waals surface area (Å²) in [5.74, 6) is 0.687. The average molecular weight is 257 g/mol. The molecule has 0 aliphatic rings. The van der Waals surface area contributed by atoms with Crippen molar-refractivity contribution in [2.75, 3.05) is 11.9 Å². The van der Waals surface area contributed by atoms with E-state index >= 15 is 0 Å². The minimum Gasteiger partial charge on any atom is -0.451 e. The zero-order valence-corrected chi connectivity index (χ0v) is 10.4. The van der Waals surface area contributed by atoms with Gasteiger partial charge >= 0.3 is 0 Å². The molecule has 96 valence electrons. The molecule has 0 aliphatic heterocycles. The van der Waals surface area contributed by atoms with E-state index in [0.717, 1.165) is 11.9 Å². The Kier molecular flexibility index (Phi) is 2.87. The van der Waals surface area contributed by atoms with Gasteiger partial charge in [0.2, 0.25) is 5.95 Å². The van der Waals surface area contributed by atoms with Gasteiger partial charge in [0.25, 0.3) is 0 Å². The molecular weight excluding hydrogens is 245 g/mol. The minimum absolute atomic E-state index is 0.251. The Labute approximate surface area is 109 Å². The lowest BCUT2D eigenvalue weighted by Crippen LogP contribution is -2.01. The second-order valence-electron chi connectivity index (χ2n) is 4.06. The first-order valence-electron chi connectivity index (χ1n) is 6.03. The average Bonchev–Trinajstić information content (AvgIpc) is 2.85. The molecule has 0 aliphatic carbocycles. The van der Waals surface area contributed by atoms with E-state index in [-0.39, 0.29) is 11.4 Å². The normalized spacial score (nSPS) is 10.8. The SMILES string of the molecule is CCNc1nccc(-c2cc3cccc(F)c3o2)n1. The van der Waals surface area contributed by atoms with E-state index in [1.165, 1.54) is 6.07 Å². The summed E-state index contributed by atoms with van der Waals surface area (Å²) in [5.41, 5.74) is 0.877. The molecular formula is C14H12FN3O. The topological polar surface area (TPSA) is 51.0 Å². The van der Waals surface area contributed by atoms with E-state index < -0.39 is 0 Å². The molecule has 1 aromatic carbocycles. The number of rotatable bonds is 3. The number of hydrogen-bond donors (Lipinski definition) is 1. The Hall–Kier alpha value is -2.43. The van der Waals surface area contributed by atoms with Gasteiger partial charge in [-0.05, 0) is 25.1 Å². The molecule has 0 atom stereocenters. The molecule has 4 nitrogen and oxygen atoms in total. The van der Waals surface area contributed by atoms with E-state index in [1.54, 1.807) is 30.5 Å². The molecule has 0 fully saturated rings. The summed E-state index contributed by atoms with van der Waals surface area (Å²) in [6, 6.07) is 8.34. The predicted molar refractivity (Wildman–Crippen MR) is 71.4 cm³/mol. The maximum absolute atomic E-state index is 13.6. The highest BCUT2D eigenvalue weighted by Crippen LogP contribution is 2.28. The standard InChI is InChI=1S/C14H12FN3O/c1-2-16-14-17-7-6-11(18-14)12-8-9-4-3-5-10(15)13(9)19-12/h3-8H,2H2,1H3,(H,16,17,18). The number of furan rings is 1. The zero-order valence-electron chi connectivity index (χ0n) is 10.4. The first-order chi connectivity index (χ1) is 9.28. The summed E-state index contributed by atoms with van der Waals surface area (Å²) in [4.78, 5) is 8.41. The van der Waals surface area contributed by atoms with E-state index in [2.05, 4.69) is 15.3 Å². The fraction of sp³-hybridized carbons (Fsp3) is 0.143. The van der Waals surface area contributed by atoms with Crippen LogP contribution in [0.5, 0.6) is 0 Å². The summed E-state index contributed by atoms with van der Waals surface area (Å²) in [6.45, 7) is 2.70. The molecule has 0 spiro atoms. The van der Waals surface area contributed by atoms with Gasteiger partial charge in [-0.25, -0.2) is 14.4 Å². The first-order valence-corrected chi connectivity index (χ1v) is 6.03. The summed E-state index contributed by atoms with van der Waals surface area (Å²) in [5, 5.41) is 3.75. The van der Waals surface area contributed by atoms with Crippen molar-refractivity contribution in [3.63, 3.8) is 0 Å². The number of aromatic nitrogens is 2. The Balaban J connectivity index is 2.08. The van der Waals surface area contributed by atoms with Gasteiger partial charge in [0, 0.05) is 18.1 Å². The molecule has 0 radical (unpaired) electrons. The smallest absolute Gasteiger partial charge is 0.223 e. The molecule has 0 saturated heterocycles. The molecule has 0 bridgehead atoms. The lowest BCUT2D eigenvalue weighted by Gasteiger charge is -2.01. The number of halogens is 1.